The molecule has 0 aliphatic rings. The molecular formula is C12H19N3O2. The van der Waals surface area contributed by atoms with Gasteiger partial charge in [0.1, 0.15) is 0 Å². The largest absolute Gasteiger partial charge is 0.504 e. The molecule has 0 bridgehead atoms. The van der Waals surface area contributed by atoms with Crippen LogP contribution in [0.1, 0.15) is 26.5 Å². The zero-order valence-corrected chi connectivity index (χ0v) is 10.7. The number of pyridine rings is 1. The number of nitrogens with zero attached hydrogens (tertiary/aromatic N) is 1. The molecule has 0 atom stereocenters. The van der Waals surface area contributed by atoms with Crippen LogP contribution in [0.4, 0.5) is 5.82 Å². The van der Waals surface area contributed by atoms with Gasteiger partial charge in [-0.15, -0.1) is 0 Å². The number of aromatic hydroxyl groups is 1. The number of nitrogens with one attached hydrogen (secondary N) is 2. The normalized spacial score (nSPS) is 11.3. The van der Waals surface area contributed by atoms with Crippen LogP contribution in [0.25, 0.3) is 0 Å². The summed E-state index contributed by atoms with van der Waals surface area (Å²) in [5.74, 6) is -0.0648. The maximum atomic E-state index is 12.0. The van der Waals surface area contributed by atoms with Gasteiger partial charge in [0, 0.05) is 5.69 Å². The van der Waals surface area contributed by atoms with Crippen LogP contribution < -0.4 is 10.6 Å². The van der Waals surface area contributed by atoms with E-state index in [-0.39, 0.29) is 17.5 Å². The summed E-state index contributed by atoms with van der Waals surface area (Å²) in [5.41, 5.74) is 0.0337. The smallest absolute Gasteiger partial charge is 0.245 e. The fourth-order valence-electron chi connectivity index (χ4n) is 1.43. The molecule has 0 fully saturated rings. The van der Waals surface area contributed by atoms with E-state index in [4.69, 9.17) is 0 Å². The van der Waals surface area contributed by atoms with Crippen molar-refractivity contribution in [2.75, 3.05) is 11.9 Å². The summed E-state index contributed by atoms with van der Waals surface area (Å²) in [6, 6.07) is 3.19. The molecule has 1 rings (SSSR count). The van der Waals surface area contributed by atoms with Crippen molar-refractivity contribution in [1.82, 2.24) is 10.3 Å². The molecule has 0 radical (unpaired) electrons. The van der Waals surface area contributed by atoms with Gasteiger partial charge in [-0.25, -0.2) is 4.98 Å². The molecule has 0 saturated carbocycles. The van der Waals surface area contributed by atoms with Crippen LogP contribution >= 0.6 is 0 Å². The number of amides is 1. The average molecular weight is 237 g/mol. The van der Waals surface area contributed by atoms with Gasteiger partial charge in [-0.3, -0.25) is 4.79 Å². The van der Waals surface area contributed by atoms with E-state index in [1.807, 2.05) is 6.92 Å². The first-order chi connectivity index (χ1) is 7.86. The number of hydrogen-bond acceptors (Lipinski definition) is 4. The summed E-state index contributed by atoms with van der Waals surface area (Å²) >= 11 is 0. The predicted molar refractivity (Wildman–Crippen MR) is 67.0 cm³/mol. The highest BCUT2D eigenvalue weighted by Gasteiger charge is 2.27. The molecule has 0 unspecified atom stereocenters. The number of anilines is 1. The minimum absolute atomic E-state index is 0.0313. The molecule has 3 N–H and O–H groups in total. The van der Waals surface area contributed by atoms with Crippen molar-refractivity contribution in [3.63, 3.8) is 0 Å². The van der Waals surface area contributed by atoms with Gasteiger partial charge in [-0.1, -0.05) is 6.92 Å². The quantitative estimate of drug-likeness (QED) is 0.740. The van der Waals surface area contributed by atoms with Crippen LogP contribution in [-0.4, -0.2) is 28.1 Å². The number of hydrogen-bond donors (Lipinski definition) is 3. The maximum absolute atomic E-state index is 12.0. The minimum atomic E-state index is -0.702. The Kier molecular flexibility index (Phi) is 4.07. The summed E-state index contributed by atoms with van der Waals surface area (Å²) < 4.78 is 0. The Morgan fingerprint density at radius 3 is 2.71 bits per heavy atom. The van der Waals surface area contributed by atoms with Gasteiger partial charge in [-0.2, -0.15) is 0 Å². The predicted octanol–water partition coefficient (Wildman–Crippen LogP) is 1.42. The standard InChI is InChI=1S/C12H19N3O2/c1-5-13-12(3,4)11(17)15-10-9(16)7-6-8(2)14-10/h6-7,13,16H,5H2,1-4H3,(H,14,15,17). The van der Waals surface area contributed by atoms with Crippen LogP contribution in [0.2, 0.25) is 0 Å². The molecule has 17 heavy (non-hydrogen) atoms. The number of likely N-dealkylation sites (N-methyl/N-ethyl adjacent to an activating group) is 1. The summed E-state index contributed by atoms with van der Waals surface area (Å²) in [5, 5.41) is 15.2. The van der Waals surface area contributed by atoms with Gasteiger partial charge in [0.15, 0.2) is 11.6 Å². The van der Waals surface area contributed by atoms with Gasteiger partial charge in [-0.05, 0) is 39.4 Å². The molecule has 0 saturated heterocycles. The zero-order valence-electron chi connectivity index (χ0n) is 10.7. The molecule has 5 heteroatoms. The van der Waals surface area contributed by atoms with E-state index in [9.17, 15) is 9.90 Å². The van der Waals surface area contributed by atoms with E-state index in [1.165, 1.54) is 6.07 Å². The minimum Gasteiger partial charge on any atom is -0.504 e. The molecule has 0 aliphatic heterocycles. The lowest BCUT2D eigenvalue weighted by Crippen LogP contribution is -2.49. The lowest BCUT2D eigenvalue weighted by molar-refractivity contribution is -0.121. The van der Waals surface area contributed by atoms with Gasteiger partial charge < -0.3 is 15.7 Å². The average Bonchev–Trinajstić information content (AvgIpc) is 2.23. The van der Waals surface area contributed by atoms with Gasteiger partial charge in [0.25, 0.3) is 0 Å². The fraction of sp³-hybridized carbons (Fsp3) is 0.500. The second-order valence-electron chi connectivity index (χ2n) is 4.43. The Labute approximate surface area is 101 Å². The second kappa shape index (κ2) is 5.14. The first-order valence-corrected chi connectivity index (χ1v) is 5.60. The number of rotatable bonds is 4. The molecule has 1 heterocycles. The molecule has 1 amide bonds. The van der Waals surface area contributed by atoms with Crippen molar-refractivity contribution >= 4 is 11.7 Å². The van der Waals surface area contributed by atoms with E-state index < -0.39 is 5.54 Å². The van der Waals surface area contributed by atoms with Crippen LogP contribution in [0.3, 0.4) is 0 Å². The number of aromatic nitrogens is 1. The van der Waals surface area contributed by atoms with Crippen LogP contribution in [0.5, 0.6) is 5.75 Å². The van der Waals surface area contributed by atoms with Crippen LogP contribution in [-0.2, 0) is 4.79 Å². The molecular weight excluding hydrogens is 218 g/mol. The fourth-order valence-corrected chi connectivity index (χ4v) is 1.43. The van der Waals surface area contributed by atoms with Crippen molar-refractivity contribution in [1.29, 1.82) is 0 Å². The highest BCUT2D eigenvalue weighted by molar-refractivity contribution is 5.97. The van der Waals surface area contributed by atoms with E-state index >= 15 is 0 Å². The summed E-state index contributed by atoms with van der Waals surface area (Å²) in [7, 11) is 0. The maximum Gasteiger partial charge on any atom is 0.245 e. The first-order valence-electron chi connectivity index (χ1n) is 5.60. The van der Waals surface area contributed by atoms with Crippen molar-refractivity contribution in [2.24, 2.45) is 0 Å². The Balaban J connectivity index is 2.84. The van der Waals surface area contributed by atoms with Crippen LogP contribution in [0, 0.1) is 6.92 Å². The second-order valence-corrected chi connectivity index (χ2v) is 4.43. The zero-order chi connectivity index (χ0) is 13.1. The van der Waals surface area contributed by atoms with Crippen molar-refractivity contribution in [3.05, 3.63) is 17.8 Å². The highest BCUT2D eigenvalue weighted by Crippen LogP contribution is 2.21. The lowest BCUT2D eigenvalue weighted by atomic mass is 10.0. The topological polar surface area (TPSA) is 74.2 Å². The number of carbonyl (C=O) groups is 1. The van der Waals surface area contributed by atoms with E-state index in [0.29, 0.717) is 6.54 Å². The Morgan fingerprint density at radius 1 is 1.47 bits per heavy atom. The SMILES string of the molecule is CCNC(C)(C)C(=O)Nc1nc(C)ccc1O. The van der Waals surface area contributed by atoms with E-state index in [0.717, 1.165) is 5.69 Å². The third kappa shape index (κ3) is 3.42. The Bertz CT molecular complexity index is 416. The van der Waals surface area contributed by atoms with Crippen molar-refractivity contribution in [2.45, 2.75) is 33.2 Å². The lowest BCUT2D eigenvalue weighted by Gasteiger charge is -2.24. The van der Waals surface area contributed by atoms with Crippen molar-refractivity contribution in [3.8, 4) is 5.75 Å². The molecule has 0 spiro atoms. The van der Waals surface area contributed by atoms with E-state index in [1.54, 1.807) is 26.8 Å². The third-order valence-corrected chi connectivity index (χ3v) is 2.43. The molecule has 0 aliphatic carbocycles. The van der Waals surface area contributed by atoms with Gasteiger partial charge in [0.2, 0.25) is 5.91 Å². The third-order valence-electron chi connectivity index (χ3n) is 2.43. The molecule has 1 aromatic rings. The molecule has 1 aromatic heterocycles. The Hall–Kier alpha value is -1.62. The molecule has 5 nitrogen and oxygen atoms in total. The number of aryl methyl sites for hydroxylation is 1. The number of carbonyl (C=O) groups excluding carboxylic acids is 1. The molecule has 0 aromatic carbocycles. The van der Waals surface area contributed by atoms with E-state index in [2.05, 4.69) is 15.6 Å². The van der Waals surface area contributed by atoms with Crippen molar-refractivity contribution < 1.29 is 9.90 Å². The summed E-state index contributed by atoms with van der Waals surface area (Å²) in [6.07, 6.45) is 0. The summed E-state index contributed by atoms with van der Waals surface area (Å²) in [4.78, 5) is 16.0. The van der Waals surface area contributed by atoms with Gasteiger partial charge >= 0.3 is 0 Å². The monoisotopic (exact) mass is 237 g/mol. The van der Waals surface area contributed by atoms with Gasteiger partial charge in [0.05, 0.1) is 5.54 Å². The van der Waals surface area contributed by atoms with Crippen LogP contribution in [0.15, 0.2) is 12.1 Å². The summed E-state index contributed by atoms with van der Waals surface area (Å²) in [6.45, 7) is 7.97. The first kappa shape index (κ1) is 13.4. The molecule has 94 valence electrons. The Morgan fingerprint density at radius 2 is 2.12 bits per heavy atom. The highest BCUT2D eigenvalue weighted by atomic mass is 16.3.